The Morgan fingerprint density at radius 2 is 1.86 bits per heavy atom. The third kappa shape index (κ3) is 2.22. The largest absolute Gasteiger partial charge is 0.271 e. The molecule has 0 aromatic heterocycles. The van der Waals surface area contributed by atoms with Crippen molar-refractivity contribution in [2.24, 2.45) is 0 Å². The number of hydrogen-bond acceptors (Lipinski definition) is 0. The molecule has 1 nitrogen and oxygen atoms in total. The molecule has 1 heteroatoms. The van der Waals surface area contributed by atoms with Gasteiger partial charge in [0.05, 0.1) is 0 Å². The molecule has 0 rings (SSSR count). The summed E-state index contributed by atoms with van der Waals surface area (Å²) in [6, 6.07) is 0.389. The molecular formula is C6H12N+. The van der Waals surface area contributed by atoms with Crippen LogP contribution >= 0.6 is 0 Å². The minimum absolute atomic E-state index is 0.389. The SMILES string of the molecule is C#[N+]C(CC)CC. The lowest BCUT2D eigenvalue weighted by Crippen LogP contribution is -1.94. The van der Waals surface area contributed by atoms with Crippen molar-refractivity contribution in [2.75, 3.05) is 0 Å². The van der Waals surface area contributed by atoms with Crippen LogP contribution in [0.15, 0.2) is 0 Å². The van der Waals surface area contributed by atoms with Crippen LogP contribution in [-0.4, -0.2) is 6.04 Å². The summed E-state index contributed by atoms with van der Waals surface area (Å²) in [7, 11) is 0. The first-order chi connectivity index (χ1) is 3.35. The highest BCUT2D eigenvalue weighted by atomic mass is 14.7. The van der Waals surface area contributed by atoms with Gasteiger partial charge in [0, 0.05) is 12.8 Å². The van der Waals surface area contributed by atoms with Gasteiger partial charge in [0.15, 0.2) is 0 Å². The molecule has 0 bridgehead atoms. The zero-order chi connectivity index (χ0) is 5.70. The zero-order valence-corrected chi connectivity index (χ0v) is 5.02. The molecule has 40 valence electrons. The molecule has 0 fully saturated rings. The molecule has 0 aliphatic heterocycles. The molecule has 0 aliphatic rings. The average molecular weight is 98.2 g/mol. The Balaban J connectivity index is 3.23. The van der Waals surface area contributed by atoms with Crippen molar-refractivity contribution in [1.29, 1.82) is 0 Å². The van der Waals surface area contributed by atoms with Crippen molar-refractivity contribution in [2.45, 2.75) is 32.7 Å². The summed E-state index contributed by atoms with van der Waals surface area (Å²) in [5, 5.41) is 0. The standard InChI is InChI=1S/C6H12N/c1-4-6(5-2)7-3/h3,6H,4-5H2,1-2H3/q+1. The molecule has 0 saturated carbocycles. The second-order valence-electron chi connectivity index (χ2n) is 1.62. The minimum Gasteiger partial charge on any atom is -0.0837 e. The quantitative estimate of drug-likeness (QED) is 0.498. The maximum absolute atomic E-state index is 5.02. The van der Waals surface area contributed by atoms with Gasteiger partial charge in [-0.1, -0.05) is 18.7 Å². The van der Waals surface area contributed by atoms with E-state index < -0.39 is 0 Å². The molecule has 0 amide bonds. The summed E-state index contributed by atoms with van der Waals surface area (Å²) < 4.78 is 0. The van der Waals surface area contributed by atoms with Crippen LogP contribution in [-0.2, 0) is 0 Å². The van der Waals surface area contributed by atoms with Crippen LogP contribution in [0.5, 0.6) is 0 Å². The van der Waals surface area contributed by atoms with E-state index in [-0.39, 0.29) is 0 Å². The van der Waals surface area contributed by atoms with Crippen molar-refractivity contribution in [3.8, 4) is 6.57 Å². The van der Waals surface area contributed by atoms with Gasteiger partial charge >= 0.3 is 0 Å². The van der Waals surface area contributed by atoms with Crippen LogP contribution in [0.1, 0.15) is 26.7 Å². The fourth-order valence-electron chi connectivity index (χ4n) is 0.499. The molecule has 0 atom stereocenters. The lowest BCUT2D eigenvalue weighted by atomic mass is 10.2. The lowest BCUT2D eigenvalue weighted by Gasteiger charge is -1.86. The van der Waals surface area contributed by atoms with Gasteiger partial charge in [0.25, 0.3) is 12.6 Å². The fourth-order valence-corrected chi connectivity index (χ4v) is 0.499. The van der Waals surface area contributed by atoms with E-state index in [0.29, 0.717) is 6.04 Å². The molecule has 0 heterocycles. The van der Waals surface area contributed by atoms with E-state index >= 15 is 0 Å². The molecular weight excluding hydrogens is 86.1 g/mol. The minimum atomic E-state index is 0.389. The Labute approximate surface area is 45.2 Å². The van der Waals surface area contributed by atoms with Crippen molar-refractivity contribution in [3.05, 3.63) is 4.85 Å². The van der Waals surface area contributed by atoms with Crippen LogP contribution < -0.4 is 0 Å². The first-order valence-corrected chi connectivity index (χ1v) is 2.75. The summed E-state index contributed by atoms with van der Waals surface area (Å²) in [6.45, 7) is 9.19. The van der Waals surface area contributed by atoms with Gasteiger partial charge in [-0.05, 0) is 0 Å². The van der Waals surface area contributed by atoms with E-state index in [0.717, 1.165) is 12.8 Å². The highest BCUT2D eigenvalue weighted by molar-refractivity contribution is 4.78. The van der Waals surface area contributed by atoms with E-state index in [4.69, 9.17) is 6.57 Å². The van der Waals surface area contributed by atoms with Crippen LogP contribution in [0.3, 0.4) is 0 Å². The van der Waals surface area contributed by atoms with Gasteiger partial charge in [0.1, 0.15) is 0 Å². The molecule has 0 N–H and O–H groups in total. The molecule has 0 spiro atoms. The van der Waals surface area contributed by atoms with E-state index in [1.54, 1.807) is 0 Å². The molecule has 0 radical (unpaired) electrons. The molecule has 7 heavy (non-hydrogen) atoms. The first-order valence-electron chi connectivity index (χ1n) is 2.75. The van der Waals surface area contributed by atoms with Gasteiger partial charge in [0.2, 0.25) is 0 Å². The Morgan fingerprint density at radius 3 is 1.86 bits per heavy atom. The Kier molecular flexibility index (Phi) is 3.40. The third-order valence-electron chi connectivity index (χ3n) is 1.15. The van der Waals surface area contributed by atoms with Crippen LogP contribution in [0, 0.1) is 6.57 Å². The van der Waals surface area contributed by atoms with Crippen molar-refractivity contribution >= 4 is 0 Å². The summed E-state index contributed by atoms with van der Waals surface area (Å²) >= 11 is 0. The van der Waals surface area contributed by atoms with Gasteiger partial charge in [-0.3, -0.25) is 0 Å². The van der Waals surface area contributed by atoms with Crippen molar-refractivity contribution in [3.63, 3.8) is 0 Å². The first kappa shape index (κ1) is 6.49. The van der Waals surface area contributed by atoms with Gasteiger partial charge in [-0.2, -0.15) is 0 Å². The van der Waals surface area contributed by atoms with Crippen LogP contribution in [0.4, 0.5) is 0 Å². The average Bonchev–Trinajstić information content (AvgIpc) is 1.72. The van der Waals surface area contributed by atoms with Crippen molar-refractivity contribution in [1.82, 2.24) is 0 Å². The number of hydrogen-bond donors (Lipinski definition) is 0. The molecule has 0 unspecified atom stereocenters. The van der Waals surface area contributed by atoms with Gasteiger partial charge in [-0.15, -0.1) is 0 Å². The number of nitrogens with zero attached hydrogens (tertiary/aromatic N) is 1. The summed E-state index contributed by atoms with van der Waals surface area (Å²) in [6.07, 6.45) is 2.12. The van der Waals surface area contributed by atoms with Gasteiger partial charge < -0.3 is 0 Å². The third-order valence-corrected chi connectivity index (χ3v) is 1.15. The molecule has 0 aromatic carbocycles. The summed E-state index contributed by atoms with van der Waals surface area (Å²) in [4.78, 5) is 3.62. The Bertz CT molecular complexity index is 66.7. The normalized spacial score (nSPS) is 8.86. The van der Waals surface area contributed by atoms with E-state index in [2.05, 4.69) is 18.7 Å². The smallest absolute Gasteiger partial charge is 0.0837 e. The van der Waals surface area contributed by atoms with E-state index in [9.17, 15) is 0 Å². The monoisotopic (exact) mass is 98.1 g/mol. The van der Waals surface area contributed by atoms with Crippen LogP contribution in [0.2, 0.25) is 0 Å². The predicted molar refractivity (Wildman–Crippen MR) is 32.7 cm³/mol. The van der Waals surface area contributed by atoms with E-state index in [1.165, 1.54) is 0 Å². The zero-order valence-electron chi connectivity index (χ0n) is 5.02. The maximum atomic E-state index is 5.02. The maximum Gasteiger partial charge on any atom is 0.271 e. The van der Waals surface area contributed by atoms with Crippen molar-refractivity contribution < 1.29 is 0 Å². The number of rotatable bonds is 2. The lowest BCUT2D eigenvalue weighted by molar-refractivity contribution is 0.714. The molecule has 0 saturated heterocycles. The van der Waals surface area contributed by atoms with Gasteiger partial charge in [-0.25, -0.2) is 0 Å². The summed E-state index contributed by atoms with van der Waals surface area (Å²) in [5.41, 5.74) is 0. The Hall–Kier alpha value is -0.510. The Morgan fingerprint density at radius 1 is 1.43 bits per heavy atom. The summed E-state index contributed by atoms with van der Waals surface area (Å²) in [5.74, 6) is 0. The van der Waals surface area contributed by atoms with Crippen LogP contribution in [0.25, 0.3) is 4.85 Å². The van der Waals surface area contributed by atoms with E-state index in [1.807, 2.05) is 0 Å². The second-order valence-corrected chi connectivity index (χ2v) is 1.62. The topological polar surface area (TPSA) is 4.36 Å². The predicted octanol–water partition coefficient (Wildman–Crippen LogP) is 2.14. The molecule has 0 aliphatic carbocycles. The highest BCUT2D eigenvalue weighted by Crippen LogP contribution is 1.99. The highest BCUT2D eigenvalue weighted by Gasteiger charge is 2.06. The fraction of sp³-hybridized carbons (Fsp3) is 0.833. The second kappa shape index (κ2) is 3.67. The molecule has 0 aromatic rings.